The zero-order chi connectivity index (χ0) is 7.56. The summed E-state index contributed by atoms with van der Waals surface area (Å²) in [5.74, 6) is 1.63. The fraction of sp³-hybridized carbons (Fsp3) is 0.500. The second-order valence-corrected chi connectivity index (χ2v) is 3.06. The van der Waals surface area contributed by atoms with Gasteiger partial charge in [-0.25, -0.2) is 0 Å². The third kappa shape index (κ3) is 1.62. The van der Waals surface area contributed by atoms with Crippen molar-refractivity contribution in [3.05, 3.63) is 30.5 Å². The van der Waals surface area contributed by atoms with Crippen LogP contribution in [0.1, 0.15) is 19.8 Å². The van der Waals surface area contributed by atoms with Crippen LogP contribution in [0, 0.1) is 11.8 Å². The fourth-order valence-corrected chi connectivity index (χ4v) is 1.26. The molecule has 1 saturated carbocycles. The van der Waals surface area contributed by atoms with Gasteiger partial charge >= 0.3 is 0 Å². The van der Waals surface area contributed by atoms with Crippen LogP contribution < -0.4 is 0 Å². The van der Waals surface area contributed by atoms with Crippen molar-refractivity contribution in [2.24, 2.45) is 11.8 Å². The summed E-state index contributed by atoms with van der Waals surface area (Å²) in [6.45, 7) is 9.45. The lowest BCUT2D eigenvalue weighted by Gasteiger charge is -1.92. The Hall–Kier alpha value is -0.740. The number of rotatable bonds is 3. The first-order valence-electron chi connectivity index (χ1n) is 3.76. The van der Waals surface area contributed by atoms with Crippen molar-refractivity contribution in [1.82, 2.24) is 0 Å². The molecule has 0 bridgehead atoms. The molecule has 0 aromatic heterocycles. The van der Waals surface area contributed by atoms with E-state index in [2.05, 4.69) is 31.9 Å². The van der Waals surface area contributed by atoms with E-state index in [4.69, 9.17) is 0 Å². The minimum absolute atomic E-state index is 0.781. The van der Waals surface area contributed by atoms with Gasteiger partial charge in [0.05, 0.1) is 0 Å². The second kappa shape index (κ2) is 2.90. The van der Waals surface area contributed by atoms with Gasteiger partial charge in [0.1, 0.15) is 0 Å². The summed E-state index contributed by atoms with van der Waals surface area (Å²) in [6, 6.07) is 0. The molecule has 0 saturated heterocycles. The van der Waals surface area contributed by atoms with Crippen molar-refractivity contribution in [2.75, 3.05) is 0 Å². The Morgan fingerprint density at radius 3 is 2.90 bits per heavy atom. The molecule has 2 unspecified atom stereocenters. The lowest BCUT2D eigenvalue weighted by atomic mass is 10.1. The van der Waals surface area contributed by atoms with Crippen LogP contribution in [-0.4, -0.2) is 0 Å². The maximum absolute atomic E-state index is 3.76. The Labute approximate surface area is 62.9 Å². The van der Waals surface area contributed by atoms with Gasteiger partial charge in [0.2, 0.25) is 0 Å². The highest BCUT2D eigenvalue weighted by Gasteiger charge is 2.33. The highest BCUT2D eigenvalue weighted by atomic mass is 14.4. The number of hydrogen-bond acceptors (Lipinski definition) is 0. The molecule has 1 fully saturated rings. The van der Waals surface area contributed by atoms with Crippen molar-refractivity contribution in [2.45, 2.75) is 19.8 Å². The Morgan fingerprint density at radius 1 is 1.80 bits per heavy atom. The third-order valence-electron chi connectivity index (χ3n) is 2.15. The van der Waals surface area contributed by atoms with Gasteiger partial charge in [0, 0.05) is 0 Å². The van der Waals surface area contributed by atoms with Crippen LogP contribution in [0.3, 0.4) is 0 Å². The summed E-state index contributed by atoms with van der Waals surface area (Å²) >= 11 is 0. The van der Waals surface area contributed by atoms with E-state index in [9.17, 15) is 0 Å². The minimum atomic E-state index is 0.781. The van der Waals surface area contributed by atoms with E-state index in [0.717, 1.165) is 11.8 Å². The van der Waals surface area contributed by atoms with E-state index in [1.807, 2.05) is 0 Å². The molecule has 1 aliphatic carbocycles. The van der Waals surface area contributed by atoms with Crippen LogP contribution in [0.4, 0.5) is 0 Å². The Balaban J connectivity index is 2.30. The summed E-state index contributed by atoms with van der Waals surface area (Å²) < 4.78 is 0. The lowest BCUT2D eigenvalue weighted by Crippen LogP contribution is -1.79. The first-order valence-corrected chi connectivity index (χ1v) is 3.76. The monoisotopic (exact) mass is 134 g/mol. The standard InChI is InChI=1S/C10H14/c1-4-8(3)6-10-7-9(10)5-2/h5,9-10H,1-2,6-7H2,3H3. The number of allylic oxidation sites excluding steroid dienone is 2. The molecule has 0 aromatic rings. The van der Waals surface area contributed by atoms with Gasteiger partial charge < -0.3 is 0 Å². The topological polar surface area (TPSA) is 0 Å². The minimum Gasteiger partial charge on any atom is -0.130 e. The first-order chi connectivity index (χ1) is 4.77. The second-order valence-electron chi connectivity index (χ2n) is 3.06. The molecular weight excluding hydrogens is 120 g/mol. The van der Waals surface area contributed by atoms with Crippen molar-refractivity contribution in [3.8, 4) is 0 Å². The molecule has 0 nitrogen and oxygen atoms in total. The smallest absolute Gasteiger partial charge is 0.0201 e. The zero-order valence-corrected chi connectivity index (χ0v) is 6.56. The van der Waals surface area contributed by atoms with Crippen molar-refractivity contribution in [3.63, 3.8) is 0 Å². The molecule has 10 heavy (non-hydrogen) atoms. The zero-order valence-electron chi connectivity index (χ0n) is 6.56. The van der Waals surface area contributed by atoms with Crippen LogP contribution in [0.15, 0.2) is 30.5 Å². The summed E-state index contributed by atoms with van der Waals surface area (Å²) in [6.07, 6.45) is 4.55. The van der Waals surface area contributed by atoms with Crippen molar-refractivity contribution >= 4 is 0 Å². The van der Waals surface area contributed by atoms with Crippen LogP contribution in [-0.2, 0) is 0 Å². The summed E-state index contributed by atoms with van der Waals surface area (Å²) in [5.41, 5.74) is 4.20. The van der Waals surface area contributed by atoms with E-state index in [1.165, 1.54) is 18.4 Å². The Morgan fingerprint density at radius 2 is 2.50 bits per heavy atom. The molecular formula is C10H14. The van der Waals surface area contributed by atoms with Crippen LogP contribution in [0.2, 0.25) is 0 Å². The Kier molecular flexibility index (Phi) is 2.13. The van der Waals surface area contributed by atoms with E-state index in [1.54, 1.807) is 0 Å². The molecule has 0 aliphatic heterocycles. The maximum atomic E-state index is 3.76. The largest absolute Gasteiger partial charge is 0.130 e. The molecule has 0 spiro atoms. The van der Waals surface area contributed by atoms with E-state index < -0.39 is 0 Å². The maximum Gasteiger partial charge on any atom is -0.0201 e. The molecule has 0 amide bonds. The summed E-state index contributed by atoms with van der Waals surface area (Å²) in [4.78, 5) is 0. The average Bonchev–Trinajstić information content (AvgIpc) is 2.67. The van der Waals surface area contributed by atoms with Gasteiger partial charge in [-0.1, -0.05) is 12.7 Å². The molecule has 0 N–H and O–H groups in total. The Bertz CT molecular complexity index is 182. The molecule has 1 rings (SSSR count). The van der Waals surface area contributed by atoms with Crippen molar-refractivity contribution < 1.29 is 0 Å². The molecule has 0 radical (unpaired) electrons. The molecule has 0 aromatic carbocycles. The molecule has 0 heterocycles. The molecule has 0 heteroatoms. The predicted molar refractivity (Wildman–Crippen MR) is 44.7 cm³/mol. The first kappa shape index (κ1) is 7.37. The summed E-state index contributed by atoms with van der Waals surface area (Å²) in [5, 5.41) is 0. The highest BCUT2D eigenvalue weighted by molar-refractivity contribution is 5.06. The van der Waals surface area contributed by atoms with E-state index >= 15 is 0 Å². The van der Waals surface area contributed by atoms with Gasteiger partial charge in [-0.05, 0) is 37.2 Å². The quantitative estimate of drug-likeness (QED) is 0.411. The van der Waals surface area contributed by atoms with Gasteiger partial charge in [0.25, 0.3) is 0 Å². The highest BCUT2D eigenvalue weighted by Crippen LogP contribution is 2.43. The molecule has 54 valence electrons. The SMILES string of the molecule is C=C=C(C)CC1CC1C=C. The number of hydrogen-bond donors (Lipinski definition) is 0. The van der Waals surface area contributed by atoms with Gasteiger partial charge in [-0.15, -0.1) is 12.3 Å². The van der Waals surface area contributed by atoms with E-state index in [-0.39, 0.29) is 0 Å². The van der Waals surface area contributed by atoms with Gasteiger partial charge in [0.15, 0.2) is 0 Å². The molecule has 2 atom stereocenters. The van der Waals surface area contributed by atoms with E-state index in [0.29, 0.717) is 0 Å². The average molecular weight is 134 g/mol. The third-order valence-corrected chi connectivity index (χ3v) is 2.15. The lowest BCUT2D eigenvalue weighted by molar-refractivity contribution is 0.776. The van der Waals surface area contributed by atoms with Crippen LogP contribution in [0.25, 0.3) is 0 Å². The van der Waals surface area contributed by atoms with Crippen molar-refractivity contribution in [1.29, 1.82) is 0 Å². The predicted octanol–water partition coefficient (Wildman–Crippen LogP) is 2.93. The van der Waals surface area contributed by atoms with Gasteiger partial charge in [-0.2, -0.15) is 0 Å². The summed E-state index contributed by atoms with van der Waals surface area (Å²) in [7, 11) is 0. The fourth-order valence-electron chi connectivity index (χ4n) is 1.26. The van der Waals surface area contributed by atoms with Gasteiger partial charge in [-0.3, -0.25) is 0 Å². The molecule has 1 aliphatic rings. The van der Waals surface area contributed by atoms with Crippen LogP contribution >= 0.6 is 0 Å². The normalized spacial score (nSPS) is 28.9. The van der Waals surface area contributed by atoms with Crippen LogP contribution in [0.5, 0.6) is 0 Å².